The van der Waals surface area contributed by atoms with E-state index in [0.717, 1.165) is 0 Å². The summed E-state index contributed by atoms with van der Waals surface area (Å²) in [5.41, 5.74) is 0.712. The Morgan fingerprint density at radius 1 is 0.759 bits per heavy atom. The maximum absolute atomic E-state index is 2.52. The summed E-state index contributed by atoms with van der Waals surface area (Å²) in [6, 6.07) is 22.3. The maximum atomic E-state index is 2.52. The van der Waals surface area contributed by atoms with Gasteiger partial charge in [0.2, 0.25) is 0 Å². The Morgan fingerprint density at radius 2 is 1.48 bits per heavy atom. The standard InChI is InChI=1S/C27H30P2/c1-5-14-24(15-6-1)28(25-16-7-2-8-17-25)22-13-23-29(26-18-9-3-10-19-26)27-20-11-4-12-21-27/h1-3,5-11,14-18,20-21,26H,4,12-13,19,22-23H2. The molecule has 0 bridgehead atoms. The van der Waals surface area contributed by atoms with Crippen LogP contribution in [0.3, 0.4) is 0 Å². The zero-order valence-electron chi connectivity index (χ0n) is 17.0. The fraction of sp³-hybridized carbons (Fsp3) is 0.259. The molecule has 0 saturated carbocycles. The van der Waals surface area contributed by atoms with Crippen LogP contribution in [0.25, 0.3) is 0 Å². The summed E-state index contributed by atoms with van der Waals surface area (Å²) < 4.78 is 0. The highest BCUT2D eigenvalue weighted by molar-refractivity contribution is 7.73. The number of rotatable bonds is 8. The summed E-state index contributed by atoms with van der Waals surface area (Å²) in [6.45, 7) is 0. The first-order valence-electron chi connectivity index (χ1n) is 10.8. The SMILES string of the molecule is C1=CCC(P(CCCP(c2ccccc2)c2ccccc2)C2=CCCC=C2)C=C1. The van der Waals surface area contributed by atoms with Gasteiger partial charge in [0.05, 0.1) is 0 Å². The van der Waals surface area contributed by atoms with Gasteiger partial charge in [-0.3, -0.25) is 0 Å². The van der Waals surface area contributed by atoms with E-state index in [1.165, 1.54) is 48.6 Å². The van der Waals surface area contributed by atoms with Crippen LogP contribution in [0.2, 0.25) is 0 Å². The Balaban J connectivity index is 1.48. The van der Waals surface area contributed by atoms with Crippen LogP contribution in [0, 0.1) is 0 Å². The van der Waals surface area contributed by atoms with E-state index >= 15 is 0 Å². The molecule has 2 aliphatic rings. The molecule has 29 heavy (non-hydrogen) atoms. The van der Waals surface area contributed by atoms with Gasteiger partial charge in [-0.2, -0.15) is 0 Å². The Bertz CT molecular complexity index is 838. The third-order valence-electron chi connectivity index (χ3n) is 5.58. The number of benzene rings is 2. The lowest BCUT2D eigenvalue weighted by molar-refractivity contribution is 1.00. The van der Waals surface area contributed by atoms with E-state index < -0.39 is 0 Å². The average molecular weight is 416 g/mol. The highest BCUT2D eigenvalue weighted by Gasteiger charge is 2.23. The molecular weight excluding hydrogens is 386 g/mol. The van der Waals surface area contributed by atoms with Crippen molar-refractivity contribution in [2.45, 2.75) is 31.3 Å². The van der Waals surface area contributed by atoms with Crippen LogP contribution in [0.15, 0.2) is 109 Å². The predicted molar refractivity (Wildman–Crippen MR) is 133 cm³/mol. The molecule has 2 heteroatoms. The first-order valence-corrected chi connectivity index (χ1v) is 13.9. The third kappa shape index (κ3) is 5.66. The Hall–Kier alpha value is -1.74. The first-order chi connectivity index (χ1) is 14.4. The molecule has 0 heterocycles. The number of hydrogen-bond donors (Lipinski definition) is 0. The molecule has 0 aliphatic heterocycles. The predicted octanol–water partition coefficient (Wildman–Crippen LogP) is 7.11. The fourth-order valence-corrected chi connectivity index (χ4v) is 9.54. The van der Waals surface area contributed by atoms with Crippen molar-refractivity contribution in [1.82, 2.24) is 0 Å². The molecule has 0 aromatic heterocycles. The van der Waals surface area contributed by atoms with Crippen LogP contribution in [-0.4, -0.2) is 18.0 Å². The molecule has 2 unspecified atom stereocenters. The van der Waals surface area contributed by atoms with Crippen LogP contribution in [0.5, 0.6) is 0 Å². The zero-order chi connectivity index (χ0) is 19.7. The van der Waals surface area contributed by atoms with Gasteiger partial charge < -0.3 is 0 Å². The Kier molecular flexibility index (Phi) is 7.70. The molecule has 0 amide bonds. The van der Waals surface area contributed by atoms with E-state index in [4.69, 9.17) is 0 Å². The second-order valence-electron chi connectivity index (χ2n) is 7.59. The molecule has 0 radical (unpaired) electrons. The van der Waals surface area contributed by atoms with Crippen molar-refractivity contribution in [3.8, 4) is 0 Å². The van der Waals surface area contributed by atoms with Gasteiger partial charge in [0.15, 0.2) is 0 Å². The number of hydrogen-bond acceptors (Lipinski definition) is 0. The van der Waals surface area contributed by atoms with Gasteiger partial charge in [-0.15, -0.1) is 0 Å². The van der Waals surface area contributed by atoms with Crippen molar-refractivity contribution < 1.29 is 0 Å². The molecule has 2 atom stereocenters. The lowest BCUT2D eigenvalue weighted by atomic mass is 10.2. The van der Waals surface area contributed by atoms with Crippen LogP contribution in [0.1, 0.15) is 25.7 Å². The van der Waals surface area contributed by atoms with Gasteiger partial charge in [-0.25, -0.2) is 0 Å². The van der Waals surface area contributed by atoms with Crippen molar-refractivity contribution in [2.24, 2.45) is 0 Å². The molecule has 0 fully saturated rings. The van der Waals surface area contributed by atoms with Crippen LogP contribution >= 0.6 is 15.8 Å². The van der Waals surface area contributed by atoms with Gasteiger partial charge in [0, 0.05) is 5.66 Å². The summed E-state index contributed by atoms with van der Waals surface area (Å²) in [4.78, 5) is 0. The molecule has 2 aliphatic carbocycles. The van der Waals surface area contributed by atoms with Crippen molar-refractivity contribution in [3.63, 3.8) is 0 Å². The normalized spacial score (nSPS) is 19.3. The highest BCUT2D eigenvalue weighted by Crippen LogP contribution is 2.54. The van der Waals surface area contributed by atoms with Crippen LogP contribution < -0.4 is 10.6 Å². The topological polar surface area (TPSA) is 0 Å². The van der Waals surface area contributed by atoms with Gasteiger partial charge in [-0.1, -0.05) is 111 Å². The molecule has 4 rings (SSSR count). The fourth-order valence-electron chi connectivity index (χ4n) is 4.12. The quantitative estimate of drug-likeness (QED) is 0.402. The van der Waals surface area contributed by atoms with Gasteiger partial charge in [-0.05, 0) is 61.9 Å². The molecule has 0 spiro atoms. The van der Waals surface area contributed by atoms with E-state index in [2.05, 4.69) is 103 Å². The molecule has 2 aromatic rings. The van der Waals surface area contributed by atoms with Gasteiger partial charge in [0.25, 0.3) is 0 Å². The maximum Gasteiger partial charge on any atom is 0.00482 e. The second kappa shape index (κ2) is 10.9. The third-order valence-corrected chi connectivity index (χ3v) is 11.2. The van der Waals surface area contributed by atoms with Crippen LogP contribution in [-0.2, 0) is 0 Å². The summed E-state index contributed by atoms with van der Waals surface area (Å²) in [5.74, 6) is 0. The Labute approximate surface area is 178 Å². The molecule has 0 nitrogen and oxygen atoms in total. The minimum absolute atomic E-state index is 0.119. The highest BCUT2D eigenvalue weighted by atomic mass is 31.1. The molecule has 148 valence electrons. The molecule has 0 N–H and O–H groups in total. The first kappa shape index (κ1) is 20.5. The summed E-state index contributed by atoms with van der Waals surface area (Å²) in [5, 5.41) is 4.66. The van der Waals surface area contributed by atoms with E-state index in [0.29, 0.717) is 5.66 Å². The van der Waals surface area contributed by atoms with Crippen molar-refractivity contribution in [3.05, 3.63) is 109 Å². The summed E-state index contributed by atoms with van der Waals surface area (Å²) in [7, 11) is -0.394. The largest absolute Gasteiger partial charge is 0.0836 e. The average Bonchev–Trinajstić information content (AvgIpc) is 2.81. The van der Waals surface area contributed by atoms with Crippen molar-refractivity contribution >= 4 is 26.5 Å². The molecule has 0 saturated heterocycles. The molecular formula is C27H30P2. The molecule has 2 aromatic carbocycles. The van der Waals surface area contributed by atoms with E-state index in [1.54, 1.807) is 5.31 Å². The zero-order valence-corrected chi connectivity index (χ0v) is 18.8. The van der Waals surface area contributed by atoms with Gasteiger partial charge in [0.1, 0.15) is 0 Å². The second-order valence-corrected chi connectivity index (χ2v) is 12.5. The minimum Gasteiger partial charge on any atom is -0.0836 e. The summed E-state index contributed by atoms with van der Waals surface area (Å²) in [6.07, 6.45) is 24.2. The van der Waals surface area contributed by atoms with Crippen molar-refractivity contribution in [2.75, 3.05) is 12.3 Å². The van der Waals surface area contributed by atoms with Crippen molar-refractivity contribution in [1.29, 1.82) is 0 Å². The van der Waals surface area contributed by atoms with Gasteiger partial charge >= 0.3 is 0 Å². The number of allylic oxidation sites excluding steroid dienone is 8. The lowest BCUT2D eigenvalue weighted by Gasteiger charge is -2.29. The monoisotopic (exact) mass is 416 g/mol. The van der Waals surface area contributed by atoms with E-state index in [1.807, 2.05) is 0 Å². The Morgan fingerprint density at radius 3 is 2.07 bits per heavy atom. The van der Waals surface area contributed by atoms with E-state index in [9.17, 15) is 0 Å². The van der Waals surface area contributed by atoms with E-state index in [-0.39, 0.29) is 15.8 Å². The minimum atomic E-state index is -0.276. The van der Waals surface area contributed by atoms with Crippen LogP contribution in [0.4, 0.5) is 0 Å². The lowest BCUT2D eigenvalue weighted by Crippen LogP contribution is -2.15. The smallest absolute Gasteiger partial charge is 0.00482 e. The summed E-state index contributed by atoms with van der Waals surface area (Å²) >= 11 is 0.